The molecule has 2 N–H and O–H groups in total. The molecule has 1 saturated heterocycles. The van der Waals surface area contributed by atoms with Crippen LogP contribution in [0.3, 0.4) is 0 Å². The predicted octanol–water partition coefficient (Wildman–Crippen LogP) is 2.51. The summed E-state index contributed by atoms with van der Waals surface area (Å²) in [6.45, 7) is 1.74. The Hall–Kier alpha value is -2.70. The maximum absolute atomic E-state index is 12.7. The van der Waals surface area contributed by atoms with E-state index in [2.05, 4.69) is 10.7 Å². The lowest BCUT2D eigenvalue weighted by atomic mass is 9.95. The third-order valence-corrected chi connectivity index (χ3v) is 5.31. The standard InChI is InChI=1S/C20H18ClN3O3/c21-14-3-1-2-12(8-14)15-11-22-24-19(25)10-16(23-20(15)24)13-4-5-17-18(9-13)27-7-6-26-17/h1-5,8-10,15,20,22-23H,6-7,11H2. The van der Waals surface area contributed by atoms with E-state index in [1.165, 1.54) is 0 Å². The van der Waals surface area contributed by atoms with Crippen molar-refractivity contribution in [2.45, 2.75) is 12.1 Å². The molecular weight excluding hydrogens is 366 g/mol. The van der Waals surface area contributed by atoms with Crippen molar-refractivity contribution in [1.82, 2.24) is 15.8 Å². The number of carbonyl (C=O) groups excluding carboxylic acids is 1. The van der Waals surface area contributed by atoms with Crippen molar-refractivity contribution in [1.29, 1.82) is 0 Å². The van der Waals surface area contributed by atoms with E-state index in [-0.39, 0.29) is 18.0 Å². The zero-order valence-corrected chi connectivity index (χ0v) is 15.2. The summed E-state index contributed by atoms with van der Waals surface area (Å²) < 4.78 is 11.2. The number of ether oxygens (including phenoxy) is 2. The maximum atomic E-state index is 12.7. The number of hydrazine groups is 1. The number of benzene rings is 2. The Bertz CT molecular complexity index is 946. The van der Waals surface area contributed by atoms with Crippen molar-refractivity contribution in [3.8, 4) is 11.5 Å². The van der Waals surface area contributed by atoms with E-state index < -0.39 is 0 Å². The molecule has 0 saturated carbocycles. The molecule has 7 heteroatoms. The van der Waals surface area contributed by atoms with E-state index in [4.69, 9.17) is 21.1 Å². The molecule has 0 bridgehead atoms. The van der Waals surface area contributed by atoms with Gasteiger partial charge in [0.2, 0.25) is 0 Å². The first-order valence-corrected chi connectivity index (χ1v) is 9.27. The molecule has 0 aliphatic carbocycles. The van der Waals surface area contributed by atoms with Gasteiger partial charge in [0.05, 0.1) is 0 Å². The van der Waals surface area contributed by atoms with E-state index in [1.54, 1.807) is 11.1 Å². The molecule has 138 valence electrons. The van der Waals surface area contributed by atoms with Gasteiger partial charge in [0, 0.05) is 34.8 Å². The fourth-order valence-electron chi connectivity index (χ4n) is 3.78. The van der Waals surface area contributed by atoms with Gasteiger partial charge >= 0.3 is 0 Å². The normalized spacial score (nSPS) is 23.5. The molecule has 1 amide bonds. The van der Waals surface area contributed by atoms with Gasteiger partial charge in [0.15, 0.2) is 11.5 Å². The zero-order chi connectivity index (χ0) is 18.4. The highest BCUT2D eigenvalue weighted by molar-refractivity contribution is 6.30. The molecule has 0 aromatic heterocycles. The third-order valence-electron chi connectivity index (χ3n) is 5.08. The van der Waals surface area contributed by atoms with Crippen LogP contribution in [0.4, 0.5) is 0 Å². The molecule has 1 fully saturated rings. The lowest BCUT2D eigenvalue weighted by molar-refractivity contribution is -0.130. The Labute approximate surface area is 161 Å². The lowest BCUT2D eigenvalue weighted by Gasteiger charge is -2.33. The van der Waals surface area contributed by atoms with Gasteiger partial charge in [-0.15, -0.1) is 0 Å². The first-order chi connectivity index (χ1) is 13.2. The Morgan fingerprint density at radius 1 is 1.07 bits per heavy atom. The second-order valence-electron chi connectivity index (χ2n) is 6.74. The lowest BCUT2D eigenvalue weighted by Crippen LogP contribution is -2.52. The quantitative estimate of drug-likeness (QED) is 0.834. The number of amides is 1. The molecule has 3 heterocycles. The van der Waals surface area contributed by atoms with Gasteiger partial charge in [-0.05, 0) is 35.9 Å². The average Bonchev–Trinajstić information content (AvgIpc) is 3.12. The first kappa shape index (κ1) is 16.5. The molecule has 2 atom stereocenters. The summed E-state index contributed by atoms with van der Waals surface area (Å²) in [4.78, 5) is 12.7. The molecule has 3 aliphatic heterocycles. The Morgan fingerprint density at radius 2 is 1.93 bits per heavy atom. The summed E-state index contributed by atoms with van der Waals surface area (Å²) in [6.07, 6.45) is 1.42. The number of halogens is 1. The number of nitrogens with one attached hydrogen (secondary N) is 2. The van der Waals surface area contributed by atoms with E-state index in [9.17, 15) is 4.79 Å². The summed E-state index contributed by atoms with van der Waals surface area (Å²) in [7, 11) is 0. The Kier molecular flexibility index (Phi) is 3.95. The van der Waals surface area contributed by atoms with E-state index in [0.29, 0.717) is 30.5 Å². The van der Waals surface area contributed by atoms with Gasteiger partial charge in [0.1, 0.15) is 19.4 Å². The van der Waals surface area contributed by atoms with E-state index >= 15 is 0 Å². The minimum atomic E-state index is -0.191. The van der Waals surface area contributed by atoms with Crippen molar-refractivity contribution in [2.75, 3.05) is 19.8 Å². The topological polar surface area (TPSA) is 62.8 Å². The van der Waals surface area contributed by atoms with Crippen LogP contribution in [0.1, 0.15) is 17.0 Å². The summed E-state index contributed by atoms with van der Waals surface area (Å²) >= 11 is 6.16. The highest BCUT2D eigenvalue weighted by atomic mass is 35.5. The number of rotatable bonds is 2. The predicted molar refractivity (Wildman–Crippen MR) is 101 cm³/mol. The van der Waals surface area contributed by atoms with Crippen LogP contribution in [-0.4, -0.2) is 36.8 Å². The van der Waals surface area contributed by atoms with Gasteiger partial charge in [-0.1, -0.05) is 23.7 Å². The monoisotopic (exact) mass is 383 g/mol. The van der Waals surface area contributed by atoms with Crippen LogP contribution in [-0.2, 0) is 4.79 Å². The number of hydrogen-bond donors (Lipinski definition) is 2. The van der Waals surface area contributed by atoms with Gasteiger partial charge in [-0.2, -0.15) is 0 Å². The van der Waals surface area contributed by atoms with Gasteiger partial charge < -0.3 is 14.8 Å². The summed E-state index contributed by atoms with van der Waals surface area (Å²) in [5, 5.41) is 5.84. The highest BCUT2D eigenvalue weighted by Crippen LogP contribution is 2.35. The molecule has 2 unspecified atom stereocenters. The molecule has 0 spiro atoms. The molecule has 27 heavy (non-hydrogen) atoms. The van der Waals surface area contributed by atoms with Crippen LogP contribution >= 0.6 is 11.6 Å². The summed E-state index contributed by atoms with van der Waals surface area (Å²) in [5.74, 6) is 1.45. The van der Waals surface area contributed by atoms with Crippen molar-refractivity contribution < 1.29 is 14.3 Å². The molecular formula is C20H18ClN3O3. The molecule has 5 rings (SSSR count). The Balaban J connectivity index is 1.46. The zero-order valence-electron chi connectivity index (χ0n) is 14.4. The minimum Gasteiger partial charge on any atom is -0.486 e. The minimum absolute atomic E-state index is 0.0758. The van der Waals surface area contributed by atoms with Crippen LogP contribution < -0.4 is 20.2 Å². The second kappa shape index (κ2) is 6.48. The van der Waals surface area contributed by atoms with E-state index in [1.807, 2.05) is 42.5 Å². The number of nitrogens with zero attached hydrogens (tertiary/aromatic N) is 1. The van der Waals surface area contributed by atoms with Crippen molar-refractivity contribution >= 4 is 23.2 Å². The molecule has 2 aromatic rings. The first-order valence-electron chi connectivity index (χ1n) is 8.89. The molecule has 0 radical (unpaired) electrons. The highest BCUT2D eigenvalue weighted by Gasteiger charge is 2.40. The smallest absolute Gasteiger partial charge is 0.264 e. The molecule has 2 aromatic carbocycles. The number of fused-ring (bicyclic) bond motifs is 2. The number of hydrogen-bond acceptors (Lipinski definition) is 5. The maximum Gasteiger partial charge on any atom is 0.264 e. The van der Waals surface area contributed by atoms with Gasteiger partial charge in [-0.3, -0.25) is 9.80 Å². The third kappa shape index (κ3) is 2.91. The van der Waals surface area contributed by atoms with Crippen LogP contribution in [0.2, 0.25) is 5.02 Å². The second-order valence-corrected chi connectivity index (χ2v) is 7.17. The summed E-state index contributed by atoms with van der Waals surface area (Å²) in [6, 6.07) is 13.5. The van der Waals surface area contributed by atoms with Crippen molar-refractivity contribution in [2.24, 2.45) is 0 Å². The van der Waals surface area contributed by atoms with Crippen LogP contribution in [0.5, 0.6) is 11.5 Å². The average molecular weight is 384 g/mol. The largest absolute Gasteiger partial charge is 0.486 e. The van der Waals surface area contributed by atoms with Crippen LogP contribution in [0.25, 0.3) is 5.70 Å². The van der Waals surface area contributed by atoms with Crippen molar-refractivity contribution in [3.63, 3.8) is 0 Å². The van der Waals surface area contributed by atoms with Gasteiger partial charge in [0.25, 0.3) is 5.91 Å². The molecule has 3 aliphatic rings. The van der Waals surface area contributed by atoms with Crippen LogP contribution in [0, 0.1) is 0 Å². The SMILES string of the molecule is O=C1C=C(c2ccc3c(c2)OCCO3)NC2C(c3cccc(Cl)c3)CNN12. The van der Waals surface area contributed by atoms with Crippen LogP contribution in [0.15, 0.2) is 48.5 Å². The van der Waals surface area contributed by atoms with Crippen molar-refractivity contribution in [3.05, 3.63) is 64.7 Å². The molecule has 6 nitrogen and oxygen atoms in total. The van der Waals surface area contributed by atoms with Gasteiger partial charge in [-0.25, -0.2) is 5.43 Å². The van der Waals surface area contributed by atoms with E-state index in [0.717, 1.165) is 22.6 Å². The number of carbonyl (C=O) groups is 1. The summed E-state index contributed by atoms with van der Waals surface area (Å²) in [5.41, 5.74) is 5.94. The fraction of sp³-hybridized carbons (Fsp3) is 0.250. The Morgan fingerprint density at radius 3 is 2.78 bits per heavy atom. The fourth-order valence-corrected chi connectivity index (χ4v) is 3.97.